The van der Waals surface area contributed by atoms with Gasteiger partial charge in [-0.3, -0.25) is 57.5 Å². The fourth-order valence-corrected chi connectivity index (χ4v) is 9.31. The summed E-state index contributed by atoms with van der Waals surface area (Å²) in [5.74, 6) is -11.0. The van der Waals surface area contributed by atoms with Gasteiger partial charge in [-0.05, 0) is 109 Å². The molecule has 1 fully saturated rings. The minimum Gasteiger partial charge on any atom is -0.391 e. The number of nitrogens with one attached hydrogen (secondary N) is 12. The van der Waals surface area contributed by atoms with Gasteiger partial charge in [0, 0.05) is 25.9 Å². The predicted molar refractivity (Wildman–Crippen MR) is 326 cm³/mol. The Morgan fingerprint density at radius 1 is 0.568 bits per heavy atom. The predicted octanol–water partition coefficient (Wildman–Crippen LogP) is -5.24. The number of carbonyl (C=O) groups is 12. The first-order chi connectivity index (χ1) is 41.7. The molecule has 2 rings (SSSR count). The van der Waals surface area contributed by atoms with E-state index in [1.807, 2.05) is 0 Å². The Morgan fingerprint density at radius 2 is 1.09 bits per heavy atom. The van der Waals surface area contributed by atoms with E-state index in [0.717, 1.165) is 12.8 Å². The molecule has 0 aliphatic carbocycles. The number of halogens is 1. The number of aliphatic hydroxyl groups excluding tert-OH is 2. The van der Waals surface area contributed by atoms with Crippen LogP contribution in [-0.4, -0.2) is 199 Å². The molecule has 0 bridgehead atoms. The molecule has 0 saturated carbocycles. The zero-order valence-corrected chi connectivity index (χ0v) is 52.1. The largest absolute Gasteiger partial charge is 0.391 e. The third-order valence-electron chi connectivity index (χ3n) is 14.1. The number of carbonyl (C=O) groups excluding carboxylic acids is 12. The number of amides is 12. The molecule has 1 saturated heterocycles. The van der Waals surface area contributed by atoms with E-state index in [-0.39, 0.29) is 90.0 Å². The Morgan fingerprint density at radius 3 is 1.62 bits per heavy atom. The van der Waals surface area contributed by atoms with Crippen molar-refractivity contribution < 1.29 is 67.7 Å². The molecule has 0 unspecified atom stereocenters. The second kappa shape index (κ2) is 41.2. The van der Waals surface area contributed by atoms with Crippen molar-refractivity contribution in [1.29, 1.82) is 0 Å². The van der Waals surface area contributed by atoms with Gasteiger partial charge < -0.3 is 96.9 Å². The van der Waals surface area contributed by atoms with E-state index in [2.05, 4.69) is 77.6 Å². The van der Waals surface area contributed by atoms with Gasteiger partial charge in [-0.2, -0.15) is 0 Å². The molecule has 1 heterocycles. The molecular weight excluding hydrogens is 1170 g/mol. The second-order valence-electron chi connectivity index (χ2n) is 22.6. The van der Waals surface area contributed by atoms with Crippen LogP contribution < -0.4 is 86.7 Å². The summed E-state index contributed by atoms with van der Waals surface area (Å²) in [6.45, 7) is 8.62. The number of aliphatic hydroxyl groups is 2. The molecule has 0 spiro atoms. The van der Waals surface area contributed by atoms with Crippen LogP contribution in [0.25, 0.3) is 0 Å². The maximum atomic E-state index is 14.6. The van der Waals surface area contributed by atoms with Crippen LogP contribution >= 0.6 is 11.6 Å². The maximum Gasteiger partial charge on any atom is 0.245 e. The Balaban J connectivity index is 2.74. The smallest absolute Gasteiger partial charge is 0.245 e. The minimum absolute atomic E-state index is 0.0105. The number of rotatable bonds is 30. The second-order valence-corrected chi connectivity index (χ2v) is 22.9. The maximum absolute atomic E-state index is 14.6. The van der Waals surface area contributed by atoms with E-state index in [1.165, 1.54) is 13.8 Å². The van der Waals surface area contributed by atoms with Crippen LogP contribution in [0.3, 0.4) is 0 Å². The first-order valence-corrected chi connectivity index (χ1v) is 30.6. The Kier molecular flexibility index (Phi) is 36.0. The number of alkyl halides is 1. The van der Waals surface area contributed by atoms with Crippen molar-refractivity contribution in [2.45, 2.75) is 191 Å². The average Bonchev–Trinajstić information content (AvgIpc) is 3.66. The summed E-state index contributed by atoms with van der Waals surface area (Å²) in [5.41, 5.74) is 24.1. The molecule has 12 amide bonds. The Labute approximate surface area is 519 Å². The molecule has 30 nitrogen and oxygen atoms in total. The molecule has 1 aromatic carbocycles. The highest BCUT2D eigenvalue weighted by atomic mass is 35.5. The van der Waals surface area contributed by atoms with Crippen molar-refractivity contribution in [2.24, 2.45) is 34.8 Å². The van der Waals surface area contributed by atoms with Gasteiger partial charge in [0.2, 0.25) is 70.9 Å². The van der Waals surface area contributed by atoms with Crippen molar-refractivity contribution in [2.75, 3.05) is 45.1 Å². The SMILES string of the molecule is CC(C)CCCCC(=O)N[C@@H](CCN)C(=O)N[C@H](C(=O)N[C@@H](CCN)C(=O)N[C@H]1CCNC(=O)[C@H]([C@@H](C)O)NC(=O)[C@H](CCNC(=O)CCl)NC(=O)[C@H](CCN)NC(=O)[C@H](CC(C)C)NC(=O)[C@@H](Cc2ccccc2)NC(=O)[C@H](CCN)NC1=O)[C@@H](C)O. The van der Waals surface area contributed by atoms with E-state index < -0.39 is 162 Å². The molecule has 12 atom stereocenters. The summed E-state index contributed by atoms with van der Waals surface area (Å²) in [5, 5.41) is 52.1. The van der Waals surface area contributed by atoms with E-state index >= 15 is 0 Å². The van der Waals surface area contributed by atoms with Crippen LogP contribution in [0.2, 0.25) is 0 Å². The topological polar surface area (TPSA) is 494 Å². The summed E-state index contributed by atoms with van der Waals surface area (Å²) in [6, 6.07) is -6.77. The lowest BCUT2D eigenvalue weighted by Crippen LogP contribution is -2.62. The van der Waals surface area contributed by atoms with Gasteiger partial charge in [-0.15, -0.1) is 11.6 Å². The van der Waals surface area contributed by atoms with Crippen molar-refractivity contribution in [3.8, 4) is 0 Å². The van der Waals surface area contributed by atoms with Crippen LogP contribution in [0, 0.1) is 11.8 Å². The monoisotopic (exact) mass is 1260 g/mol. The lowest BCUT2D eigenvalue weighted by atomic mass is 10.00. The molecule has 22 N–H and O–H groups in total. The molecule has 1 aliphatic heterocycles. The van der Waals surface area contributed by atoms with Gasteiger partial charge in [0.05, 0.1) is 12.2 Å². The molecular formula is C57H97ClN16O14. The summed E-state index contributed by atoms with van der Waals surface area (Å²) in [6.07, 6.45) is -2.54. The van der Waals surface area contributed by atoms with E-state index in [1.54, 1.807) is 44.2 Å². The highest BCUT2D eigenvalue weighted by Gasteiger charge is 2.38. The lowest BCUT2D eigenvalue weighted by Gasteiger charge is -2.29. The number of hydrogen-bond donors (Lipinski definition) is 18. The number of benzene rings is 1. The van der Waals surface area contributed by atoms with Crippen LogP contribution in [0.1, 0.15) is 118 Å². The first-order valence-electron chi connectivity index (χ1n) is 30.0. The first kappa shape index (κ1) is 77.0. The molecule has 88 heavy (non-hydrogen) atoms. The van der Waals surface area contributed by atoms with Gasteiger partial charge in [-0.25, -0.2) is 0 Å². The summed E-state index contributed by atoms with van der Waals surface area (Å²) < 4.78 is 0. The highest BCUT2D eigenvalue weighted by Crippen LogP contribution is 2.13. The van der Waals surface area contributed by atoms with E-state index in [4.69, 9.17) is 34.5 Å². The van der Waals surface area contributed by atoms with Gasteiger partial charge in [0.15, 0.2) is 0 Å². The van der Waals surface area contributed by atoms with E-state index in [9.17, 15) is 67.7 Å². The van der Waals surface area contributed by atoms with E-state index in [0.29, 0.717) is 17.9 Å². The van der Waals surface area contributed by atoms with Crippen molar-refractivity contribution >= 4 is 82.5 Å². The number of hydrogen-bond acceptors (Lipinski definition) is 18. The zero-order chi connectivity index (χ0) is 66.0. The van der Waals surface area contributed by atoms with Crippen LogP contribution in [0.5, 0.6) is 0 Å². The molecule has 0 aromatic heterocycles. The summed E-state index contributed by atoms with van der Waals surface area (Å²) >= 11 is 5.66. The quantitative estimate of drug-likeness (QED) is 0.0253. The Hall–Kier alpha value is -7.09. The fraction of sp³-hybridized carbons (Fsp3) is 0.684. The summed E-state index contributed by atoms with van der Waals surface area (Å²) in [7, 11) is 0. The van der Waals surface area contributed by atoms with Gasteiger partial charge in [0.1, 0.15) is 66.3 Å². The molecule has 31 heteroatoms. The molecule has 0 radical (unpaired) electrons. The standard InChI is InChI=1S/C57H97ClN16O14/c1-31(2)12-10-11-15-44(77)65-36(16-22-59)52(83)74-47(34(6)76)57(88)70-39(19-25-62)49(80)68-40-21-27-64-56(87)46(33(5)75)73-53(84)41(20-26-63-45(78)30-58)69-48(79)37(17-23-60)67-54(85)42(28-32(3)4)71-55(86)43(29-35-13-8-7-9-14-35)72-50(81)38(18-24-61)66-51(40)82/h7-9,13-14,31-34,36-43,46-47,75-76H,10-12,15-30,59-62H2,1-6H3,(H,63,78)(H,64,87)(H,65,77)(H,66,82)(H,67,85)(H,68,80)(H,69,79)(H,70,88)(H,71,86)(H,72,81)(H,73,84)(H,74,83)/t33-,34-,36+,37+,38+,39+,40+,41+,42+,43-,46+,47+/m1/s1. The zero-order valence-electron chi connectivity index (χ0n) is 51.4. The third kappa shape index (κ3) is 28.4. The van der Waals surface area contributed by atoms with Gasteiger partial charge >= 0.3 is 0 Å². The number of nitrogens with two attached hydrogens (primary N) is 4. The van der Waals surface area contributed by atoms with Crippen molar-refractivity contribution in [1.82, 2.24) is 63.8 Å². The summed E-state index contributed by atoms with van der Waals surface area (Å²) in [4.78, 5) is 167. The molecule has 1 aliphatic rings. The van der Waals surface area contributed by atoms with Crippen LogP contribution in [-0.2, 0) is 64.0 Å². The van der Waals surface area contributed by atoms with Crippen molar-refractivity contribution in [3.05, 3.63) is 35.9 Å². The molecule has 496 valence electrons. The normalized spacial score (nSPS) is 22.1. The number of unbranched alkanes of at least 4 members (excludes halogenated alkanes) is 1. The van der Waals surface area contributed by atoms with Gasteiger partial charge in [0.25, 0.3) is 0 Å². The average molecular weight is 1270 g/mol. The van der Waals surface area contributed by atoms with Crippen LogP contribution in [0.4, 0.5) is 0 Å². The molecule has 1 aromatic rings. The van der Waals surface area contributed by atoms with Crippen LogP contribution in [0.15, 0.2) is 30.3 Å². The fourth-order valence-electron chi connectivity index (χ4n) is 9.21. The lowest BCUT2D eigenvalue weighted by molar-refractivity contribution is -0.137. The van der Waals surface area contributed by atoms with Gasteiger partial charge in [-0.1, -0.05) is 70.9 Å². The minimum atomic E-state index is -1.76. The third-order valence-corrected chi connectivity index (χ3v) is 14.3. The van der Waals surface area contributed by atoms with Crippen molar-refractivity contribution in [3.63, 3.8) is 0 Å². The highest BCUT2D eigenvalue weighted by molar-refractivity contribution is 6.27. The Bertz CT molecular complexity index is 2440.